The van der Waals surface area contributed by atoms with Crippen LogP contribution in [-0.4, -0.2) is 12.6 Å². The van der Waals surface area contributed by atoms with Gasteiger partial charge in [-0.15, -0.1) is 0 Å². The second-order valence-corrected chi connectivity index (χ2v) is 6.79. The SMILES string of the molecule is O=C(Cc1cc(OCC2CCCC2)cc(C(F)(F)F)c1)Oc1ccccc1. The number of carbonyl (C=O) groups excluding carboxylic acids is 1. The van der Waals surface area contributed by atoms with Crippen LogP contribution in [0.4, 0.5) is 13.2 Å². The molecule has 27 heavy (non-hydrogen) atoms. The minimum absolute atomic E-state index is 0.138. The van der Waals surface area contributed by atoms with E-state index in [0.29, 0.717) is 18.3 Å². The molecule has 0 unspecified atom stereocenters. The highest BCUT2D eigenvalue weighted by molar-refractivity contribution is 5.75. The zero-order valence-electron chi connectivity index (χ0n) is 14.8. The Morgan fingerprint density at radius 1 is 1.00 bits per heavy atom. The van der Waals surface area contributed by atoms with E-state index < -0.39 is 17.7 Å². The van der Waals surface area contributed by atoms with Crippen molar-refractivity contribution < 1.29 is 27.4 Å². The van der Waals surface area contributed by atoms with Gasteiger partial charge in [0, 0.05) is 0 Å². The molecule has 0 heterocycles. The third-order valence-electron chi connectivity index (χ3n) is 4.58. The molecule has 0 N–H and O–H groups in total. The first-order chi connectivity index (χ1) is 12.9. The third kappa shape index (κ3) is 5.74. The smallest absolute Gasteiger partial charge is 0.416 e. The third-order valence-corrected chi connectivity index (χ3v) is 4.58. The molecule has 1 fully saturated rings. The molecular formula is C21H21F3O3. The van der Waals surface area contributed by atoms with Crippen LogP contribution >= 0.6 is 0 Å². The number of hydrogen-bond acceptors (Lipinski definition) is 3. The summed E-state index contributed by atoms with van der Waals surface area (Å²) in [6.07, 6.45) is -0.436. The van der Waals surface area contributed by atoms with Crippen LogP contribution in [0.2, 0.25) is 0 Å². The molecule has 0 aliphatic heterocycles. The molecule has 0 amide bonds. The molecule has 3 nitrogen and oxygen atoms in total. The van der Waals surface area contributed by atoms with Crippen LogP contribution < -0.4 is 9.47 Å². The van der Waals surface area contributed by atoms with Crippen LogP contribution in [-0.2, 0) is 17.4 Å². The van der Waals surface area contributed by atoms with Crippen molar-refractivity contribution in [3.05, 3.63) is 59.7 Å². The van der Waals surface area contributed by atoms with Crippen molar-refractivity contribution in [3.63, 3.8) is 0 Å². The number of carbonyl (C=O) groups is 1. The van der Waals surface area contributed by atoms with Gasteiger partial charge in [0.15, 0.2) is 0 Å². The largest absolute Gasteiger partial charge is 0.493 e. The highest BCUT2D eigenvalue weighted by atomic mass is 19.4. The lowest BCUT2D eigenvalue weighted by Crippen LogP contribution is -2.14. The van der Waals surface area contributed by atoms with Gasteiger partial charge in [-0.1, -0.05) is 31.0 Å². The van der Waals surface area contributed by atoms with Crippen LogP contribution in [0.3, 0.4) is 0 Å². The molecule has 2 aromatic carbocycles. The second kappa shape index (κ2) is 8.46. The molecule has 0 spiro atoms. The molecule has 6 heteroatoms. The lowest BCUT2D eigenvalue weighted by Gasteiger charge is -2.15. The van der Waals surface area contributed by atoms with Gasteiger partial charge in [0.05, 0.1) is 18.6 Å². The zero-order valence-corrected chi connectivity index (χ0v) is 14.8. The minimum atomic E-state index is -4.51. The maximum absolute atomic E-state index is 13.2. The van der Waals surface area contributed by atoms with Gasteiger partial charge in [-0.3, -0.25) is 4.79 Å². The Labute approximate surface area is 156 Å². The van der Waals surface area contributed by atoms with Gasteiger partial charge in [-0.25, -0.2) is 0 Å². The van der Waals surface area contributed by atoms with Crippen molar-refractivity contribution in [2.75, 3.05) is 6.61 Å². The number of para-hydroxylation sites is 1. The van der Waals surface area contributed by atoms with E-state index in [1.54, 1.807) is 30.3 Å². The summed E-state index contributed by atoms with van der Waals surface area (Å²) in [4.78, 5) is 12.1. The van der Waals surface area contributed by atoms with Crippen LogP contribution in [0.5, 0.6) is 11.5 Å². The summed E-state index contributed by atoms with van der Waals surface area (Å²) in [6.45, 7) is 0.398. The lowest BCUT2D eigenvalue weighted by molar-refractivity contribution is -0.138. The van der Waals surface area contributed by atoms with Gasteiger partial charge in [0.1, 0.15) is 11.5 Å². The molecule has 1 aliphatic carbocycles. The average Bonchev–Trinajstić information content (AvgIpc) is 3.13. The summed E-state index contributed by atoms with van der Waals surface area (Å²) < 4.78 is 50.4. The molecule has 144 valence electrons. The number of benzene rings is 2. The first-order valence-corrected chi connectivity index (χ1v) is 9.00. The summed E-state index contributed by atoms with van der Waals surface area (Å²) in [5.41, 5.74) is -0.610. The molecule has 2 aromatic rings. The van der Waals surface area contributed by atoms with E-state index in [-0.39, 0.29) is 17.7 Å². The van der Waals surface area contributed by atoms with Gasteiger partial charge < -0.3 is 9.47 Å². The van der Waals surface area contributed by atoms with E-state index >= 15 is 0 Å². The number of ether oxygens (including phenoxy) is 2. The first kappa shape index (κ1) is 19.3. The average molecular weight is 378 g/mol. The van der Waals surface area contributed by atoms with E-state index in [1.807, 2.05) is 0 Å². The highest BCUT2D eigenvalue weighted by Gasteiger charge is 2.32. The van der Waals surface area contributed by atoms with Crippen LogP contribution in [0.15, 0.2) is 48.5 Å². The maximum atomic E-state index is 13.2. The summed E-state index contributed by atoms with van der Waals surface area (Å²) in [5.74, 6) is 0.250. The summed E-state index contributed by atoms with van der Waals surface area (Å²) in [7, 11) is 0. The lowest BCUT2D eigenvalue weighted by atomic mass is 10.1. The number of rotatable bonds is 6. The van der Waals surface area contributed by atoms with E-state index in [4.69, 9.17) is 9.47 Å². The fraction of sp³-hybridized carbons (Fsp3) is 0.381. The van der Waals surface area contributed by atoms with Gasteiger partial charge >= 0.3 is 12.1 Å². The highest BCUT2D eigenvalue weighted by Crippen LogP contribution is 2.33. The van der Waals surface area contributed by atoms with Gasteiger partial charge in [0.25, 0.3) is 0 Å². The van der Waals surface area contributed by atoms with Crippen molar-refractivity contribution in [1.29, 1.82) is 0 Å². The van der Waals surface area contributed by atoms with Crippen LogP contribution in [0.25, 0.3) is 0 Å². The van der Waals surface area contributed by atoms with Gasteiger partial charge in [-0.2, -0.15) is 13.2 Å². The topological polar surface area (TPSA) is 35.5 Å². The number of alkyl halides is 3. The Morgan fingerprint density at radius 3 is 2.37 bits per heavy atom. The van der Waals surface area contributed by atoms with E-state index in [2.05, 4.69) is 0 Å². The second-order valence-electron chi connectivity index (χ2n) is 6.79. The Kier molecular flexibility index (Phi) is 6.04. The molecule has 0 bridgehead atoms. The zero-order chi connectivity index (χ0) is 19.3. The molecule has 0 saturated heterocycles. The minimum Gasteiger partial charge on any atom is -0.493 e. The molecule has 0 aromatic heterocycles. The number of hydrogen-bond donors (Lipinski definition) is 0. The van der Waals surface area contributed by atoms with Crippen molar-refractivity contribution in [2.24, 2.45) is 5.92 Å². The van der Waals surface area contributed by atoms with Crippen molar-refractivity contribution in [1.82, 2.24) is 0 Å². The van der Waals surface area contributed by atoms with Crippen molar-refractivity contribution in [3.8, 4) is 11.5 Å². The summed E-state index contributed by atoms with van der Waals surface area (Å²) >= 11 is 0. The standard InChI is InChI=1S/C21H21F3O3/c22-21(23,24)17-10-16(12-20(25)27-18-8-2-1-3-9-18)11-19(13-17)26-14-15-6-4-5-7-15/h1-3,8-11,13,15H,4-7,12,14H2. The summed E-state index contributed by atoms with van der Waals surface area (Å²) in [6, 6.07) is 11.9. The fourth-order valence-electron chi connectivity index (χ4n) is 3.22. The van der Waals surface area contributed by atoms with E-state index in [0.717, 1.165) is 37.8 Å². The predicted molar refractivity (Wildman–Crippen MR) is 94.7 cm³/mol. The molecular weight excluding hydrogens is 357 g/mol. The van der Waals surface area contributed by atoms with Gasteiger partial charge in [-0.05, 0) is 54.7 Å². The molecule has 1 saturated carbocycles. The van der Waals surface area contributed by atoms with E-state index in [1.165, 1.54) is 6.07 Å². The van der Waals surface area contributed by atoms with Crippen molar-refractivity contribution in [2.45, 2.75) is 38.3 Å². The molecule has 1 aliphatic rings. The van der Waals surface area contributed by atoms with Crippen LogP contribution in [0, 0.1) is 5.92 Å². The normalized spacial score (nSPS) is 14.9. The first-order valence-electron chi connectivity index (χ1n) is 9.00. The van der Waals surface area contributed by atoms with Gasteiger partial charge in [0.2, 0.25) is 0 Å². The predicted octanol–water partition coefficient (Wildman–Crippen LogP) is 5.42. The number of esters is 1. The molecule has 0 atom stereocenters. The maximum Gasteiger partial charge on any atom is 0.416 e. The van der Waals surface area contributed by atoms with Crippen molar-refractivity contribution >= 4 is 5.97 Å². The van der Waals surface area contributed by atoms with E-state index in [9.17, 15) is 18.0 Å². The Morgan fingerprint density at radius 2 is 1.70 bits per heavy atom. The Balaban J connectivity index is 1.72. The fourth-order valence-corrected chi connectivity index (χ4v) is 3.22. The van der Waals surface area contributed by atoms with Crippen LogP contribution in [0.1, 0.15) is 36.8 Å². The summed E-state index contributed by atoms with van der Waals surface area (Å²) in [5, 5.41) is 0. The Bertz CT molecular complexity index is 766. The quantitative estimate of drug-likeness (QED) is 0.497. The number of halogens is 3. The monoisotopic (exact) mass is 378 g/mol. The Hall–Kier alpha value is -2.50. The molecule has 0 radical (unpaired) electrons. The molecule has 3 rings (SSSR count).